The Morgan fingerprint density at radius 1 is 1.28 bits per heavy atom. The maximum Gasteiger partial charge on any atom is 0.303 e. The van der Waals surface area contributed by atoms with Gasteiger partial charge in [0, 0.05) is 35.8 Å². The van der Waals surface area contributed by atoms with Gasteiger partial charge in [0.1, 0.15) is 18.0 Å². The van der Waals surface area contributed by atoms with Gasteiger partial charge in [-0.15, -0.1) is 0 Å². The number of fused-ring (bicyclic) bond motifs is 1. The molecule has 0 N–H and O–H groups in total. The molecule has 32 heavy (non-hydrogen) atoms. The third-order valence-electron chi connectivity index (χ3n) is 8.21. The minimum absolute atomic E-state index is 0.0369. The van der Waals surface area contributed by atoms with Crippen LogP contribution in [-0.4, -0.2) is 48.7 Å². The topological polar surface area (TPSA) is 96.0 Å². The molecular weight excluding hydrogens is 412 g/mol. The van der Waals surface area contributed by atoms with E-state index in [1.807, 2.05) is 13.8 Å². The van der Waals surface area contributed by atoms with E-state index < -0.39 is 29.2 Å². The summed E-state index contributed by atoms with van der Waals surface area (Å²) < 4.78 is 17.9. The van der Waals surface area contributed by atoms with E-state index in [0.29, 0.717) is 29.9 Å². The second-order valence-electron chi connectivity index (χ2n) is 10.6. The number of rotatable bonds is 5. The Morgan fingerprint density at radius 2 is 2.03 bits per heavy atom. The van der Waals surface area contributed by atoms with E-state index in [0.717, 1.165) is 31.1 Å². The van der Waals surface area contributed by atoms with Crippen molar-refractivity contribution in [2.75, 3.05) is 7.11 Å². The number of allylic oxidation sites excluding steroid dienone is 1. The zero-order valence-electron chi connectivity index (χ0n) is 19.1. The summed E-state index contributed by atoms with van der Waals surface area (Å²) in [5.41, 5.74) is 0.0937. The quantitative estimate of drug-likeness (QED) is 0.477. The van der Waals surface area contributed by atoms with Crippen molar-refractivity contribution >= 4 is 23.8 Å². The molecule has 5 aliphatic rings. The SMILES string of the molecule is COC1=C2C(C)(C)[C@H]3O[C@@]2(CC3=O)[C@@H](OC(C)=O)C2=C(CC(C[C@@H]3C[C@H]3C=O)CC2)C1=O. The number of aldehydes is 1. The van der Waals surface area contributed by atoms with Crippen LogP contribution in [0.2, 0.25) is 0 Å². The lowest BCUT2D eigenvalue weighted by molar-refractivity contribution is -0.156. The zero-order valence-corrected chi connectivity index (χ0v) is 19.1. The van der Waals surface area contributed by atoms with Gasteiger partial charge in [0.15, 0.2) is 17.6 Å². The van der Waals surface area contributed by atoms with Crippen LogP contribution in [0.15, 0.2) is 22.5 Å². The highest BCUT2D eigenvalue weighted by atomic mass is 16.6. The second kappa shape index (κ2) is 7.11. The summed E-state index contributed by atoms with van der Waals surface area (Å²) in [7, 11) is 1.48. The summed E-state index contributed by atoms with van der Waals surface area (Å²) in [5, 5.41) is 0. The van der Waals surface area contributed by atoms with Gasteiger partial charge < -0.3 is 19.0 Å². The number of ether oxygens (including phenoxy) is 3. The second-order valence-corrected chi connectivity index (χ2v) is 10.6. The van der Waals surface area contributed by atoms with Gasteiger partial charge in [-0.25, -0.2) is 0 Å². The smallest absolute Gasteiger partial charge is 0.303 e. The van der Waals surface area contributed by atoms with Crippen molar-refractivity contribution in [3.63, 3.8) is 0 Å². The molecule has 0 radical (unpaired) electrons. The van der Waals surface area contributed by atoms with Crippen LogP contribution in [0.5, 0.6) is 0 Å². The third kappa shape index (κ3) is 2.89. The van der Waals surface area contributed by atoms with Gasteiger partial charge in [-0.1, -0.05) is 13.8 Å². The van der Waals surface area contributed by atoms with E-state index in [-0.39, 0.29) is 35.6 Å². The molecule has 2 heterocycles. The lowest BCUT2D eigenvalue weighted by atomic mass is 9.64. The fourth-order valence-corrected chi connectivity index (χ4v) is 6.77. The van der Waals surface area contributed by atoms with Crippen LogP contribution in [0.3, 0.4) is 0 Å². The first kappa shape index (κ1) is 21.6. The van der Waals surface area contributed by atoms with Crippen molar-refractivity contribution < 1.29 is 33.4 Å². The molecule has 1 spiro atoms. The van der Waals surface area contributed by atoms with Crippen LogP contribution in [0.4, 0.5) is 0 Å². The molecule has 6 atom stereocenters. The molecular formula is C25H30O7. The molecule has 1 saturated carbocycles. The summed E-state index contributed by atoms with van der Waals surface area (Å²) >= 11 is 0. The highest BCUT2D eigenvalue weighted by Crippen LogP contribution is 2.62. The van der Waals surface area contributed by atoms with Crippen LogP contribution >= 0.6 is 0 Å². The summed E-state index contributed by atoms with van der Waals surface area (Å²) in [5.74, 6) is 0.372. The minimum atomic E-state index is -1.19. The van der Waals surface area contributed by atoms with Crippen molar-refractivity contribution in [1.29, 1.82) is 0 Å². The highest BCUT2D eigenvalue weighted by Gasteiger charge is 2.71. The van der Waals surface area contributed by atoms with Crippen LogP contribution in [0, 0.1) is 23.2 Å². The molecule has 3 fully saturated rings. The molecule has 0 aromatic carbocycles. The van der Waals surface area contributed by atoms with E-state index in [4.69, 9.17) is 14.2 Å². The minimum Gasteiger partial charge on any atom is -0.493 e. The number of carbonyl (C=O) groups excluding carboxylic acids is 4. The molecule has 0 aromatic heterocycles. The Kier molecular flexibility index (Phi) is 4.79. The third-order valence-corrected chi connectivity index (χ3v) is 8.21. The van der Waals surface area contributed by atoms with Crippen molar-refractivity contribution in [3.05, 3.63) is 22.5 Å². The monoisotopic (exact) mass is 442 g/mol. The number of ketones is 2. The first-order valence-electron chi connectivity index (χ1n) is 11.5. The standard InChI is InChI=1S/C25H30O7/c1-12(27)31-22-16-6-5-13(7-14-9-15(14)11-26)8-17(16)19(29)20(30-4)21-24(2,3)23-18(28)10-25(21,22)32-23/h11,13-15,22-23H,5-10H2,1-4H3/t13?,14-,15+,22+,23+,25-/m1/s1. The van der Waals surface area contributed by atoms with E-state index in [1.54, 1.807) is 0 Å². The lowest BCUT2D eigenvalue weighted by Gasteiger charge is -2.39. The van der Waals surface area contributed by atoms with Crippen molar-refractivity contribution in [2.24, 2.45) is 23.2 Å². The number of carbonyl (C=O) groups is 4. The maximum atomic E-state index is 13.8. The number of esters is 1. The lowest BCUT2D eigenvalue weighted by Crippen LogP contribution is -2.49. The number of hydrogen-bond acceptors (Lipinski definition) is 7. The van der Waals surface area contributed by atoms with Gasteiger partial charge >= 0.3 is 5.97 Å². The largest absolute Gasteiger partial charge is 0.493 e. The van der Waals surface area contributed by atoms with Crippen LogP contribution < -0.4 is 0 Å². The van der Waals surface area contributed by atoms with Crippen LogP contribution in [0.25, 0.3) is 0 Å². The molecule has 2 saturated heterocycles. The van der Waals surface area contributed by atoms with Crippen molar-refractivity contribution in [1.82, 2.24) is 0 Å². The summed E-state index contributed by atoms with van der Waals surface area (Å²) in [6, 6.07) is 0. The Bertz CT molecular complexity index is 986. The van der Waals surface area contributed by atoms with Crippen LogP contribution in [-0.2, 0) is 33.4 Å². The average Bonchev–Trinajstić information content (AvgIpc) is 3.34. The zero-order chi connectivity index (χ0) is 23.0. The number of Topliss-reactive ketones (excluding diaryl/α,β-unsaturated/α-hetero) is 2. The molecule has 3 aliphatic carbocycles. The molecule has 172 valence electrons. The number of methoxy groups -OCH3 is 1. The van der Waals surface area contributed by atoms with Crippen molar-refractivity contribution in [3.8, 4) is 0 Å². The van der Waals surface area contributed by atoms with Crippen LogP contribution in [0.1, 0.15) is 59.3 Å². The van der Waals surface area contributed by atoms with Gasteiger partial charge in [-0.05, 0) is 49.5 Å². The van der Waals surface area contributed by atoms with Gasteiger partial charge in [0.25, 0.3) is 0 Å². The molecule has 0 aromatic rings. The molecule has 2 bridgehead atoms. The Balaban J connectivity index is 1.61. The van der Waals surface area contributed by atoms with Gasteiger partial charge in [-0.2, -0.15) is 0 Å². The van der Waals surface area contributed by atoms with E-state index >= 15 is 0 Å². The molecule has 0 amide bonds. The Labute approximate surface area is 187 Å². The fraction of sp³-hybridized carbons (Fsp3) is 0.680. The molecule has 5 rings (SSSR count). The average molecular weight is 443 g/mol. The fourth-order valence-electron chi connectivity index (χ4n) is 6.77. The summed E-state index contributed by atoms with van der Waals surface area (Å²) in [6.45, 7) is 5.13. The number of hydrogen-bond donors (Lipinski definition) is 0. The van der Waals surface area contributed by atoms with E-state index in [2.05, 4.69) is 0 Å². The molecule has 7 heteroatoms. The normalized spacial score (nSPS) is 39.4. The predicted octanol–water partition coefficient (Wildman–Crippen LogP) is 2.86. The Morgan fingerprint density at radius 3 is 2.66 bits per heavy atom. The molecule has 1 unspecified atom stereocenters. The molecule has 2 aliphatic heterocycles. The van der Waals surface area contributed by atoms with Gasteiger partial charge in [-0.3, -0.25) is 14.4 Å². The van der Waals surface area contributed by atoms with E-state index in [9.17, 15) is 19.2 Å². The maximum absolute atomic E-state index is 13.8. The predicted molar refractivity (Wildman–Crippen MR) is 112 cm³/mol. The van der Waals surface area contributed by atoms with Crippen molar-refractivity contribution in [2.45, 2.75) is 77.1 Å². The summed E-state index contributed by atoms with van der Waals surface area (Å²) in [4.78, 5) is 49.9. The van der Waals surface area contributed by atoms with Gasteiger partial charge in [0.2, 0.25) is 5.78 Å². The molecule has 7 nitrogen and oxygen atoms in total. The first-order valence-corrected chi connectivity index (χ1v) is 11.5. The van der Waals surface area contributed by atoms with Gasteiger partial charge in [0.05, 0.1) is 7.11 Å². The van der Waals surface area contributed by atoms with E-state index in [1.165, 1.54) is 14.0 Å². The Hall–Kier alpha value is -2.28. The summed E-state index contributed by atoms with van der Waals surface area (Å²) in [6.07, 6.45) is 3.43. The highest BCUT2D eigenvalue weighted by molar-refractivity contribution is 6.10. The first-order chi connectivity index (χ1) is 15.1.